The summed E-state index contributed by atoms with van der Waals surface area (Å²) in [6.07, 6.45) is 10.1. The van der Waals surface area contributed by atoms with E-state index in [1.165, 1.54) is 31.3 Å². The predicted molar refractivity (Wildman–Crippen MR) is 277 cm³/mol. The molecule has 0 radical (unpaired) electrons. The third kappa shape index (κ3) is 15.6. The van der Waals surface area contributed by atoms with Gasteiger partial charge in [-0.15, -0.1) is 0 Å². The Morgan fingerprint density at radius 1 is 0.344 bits per heavy atom. The summed E-state index contributed by atoms with van der Waals surface area (Å²) in [6, 6.07) is 40.5. The molecule has 3 aromatic carbocycles. The second-order valence-corrected chi connectivity index (χ2v) is 69.4. The number of unbranched alkanes of at least 4 members (excludes halogenated alkanes) is 3. The van der Waals surface area contributed by atoms with Gasteiger partial charge in [0.15, 0.2) is 0 Å². The molecule has 0 N–H and O–H groups in total. The fourth-order valence-electron chi connectivity index (χ4n) is 7.37. The van der Waals surface area contributed by atoms with Crippen LogP contribution in [0, 0.1) is 0 Å². The molecule has 9 heteroatoms. The van der Waals surface area contributed by atoms with Crippen LogP contribution in [-0.4, -0.2) is 75.0 Å². The number of aryl methyl sites for hydroxylation is 3. The van der Waals surface area contributed by atoms with Crippen LogP contribution in [0.1, 0.15) is 75.8 Å². The maximum absolute atomic E-state index is 6.26. The van der Waals surface area contributed by atoms with Crippen molar-refractivity contribution < 1.29 is 14.2 Å². The molecule has 326 valence electrons. The number of rotatable bonds is 24. The van der Waals surface area contributed by atoms with E-state index in [9.17, 15) is 0 Å². The van der Waals surface area contributed by atoms with E-state index in [2.05, 4.69) is 154 Å². The van der Waals surface area contributed by atoms with Gasteiger partial charge in [0.1, 0.15) is 0 Å². The van der Waals surface area contributed by atoms with Crippen LogP contribution in [0.5, 0.6) is 17.2 Å². The summed E-state index contributed by atoms with van der Waals surface area (Å²) >= 11 is 0.235. The minimum absolute atomic E-state index is 0.0763. The second-order valence-electron chi connectivity index (χ2n) is 19.6. The molecule has 6 rings (SSSR count). The molecule has 0 aliphatic carbocycles. The first kappa shape index (κ1) is 49.0. The number of hydrogen-bond acceptors (Lipinski definition) is 6. The summed E-state index contributed by atoms with van der Waals surface area (Å²) in [5, 5.41) is 0. The molecular weight excluding hydrogens is 1120 g/mol. The monoisotopic (exact) mass is 1200 g/mol. The van der Waals surface area contributed by atoms with E-state index < -0.39 is 55.1 Å². The van der Waals surface area contributed by atoms with Crippen molar-refractivity contribution in [2.75, 3.05) is 19.8 Å². The van der Waals surface area contributed by atoms with E-state index in [0.717, 1.165) is 94.9 Å². The van der Waals surface area contributed by atoms with Crippen LogP contribution in [0.3, 0.4) is 0 Å². The standard InChI is InChI=1S/C43H43O3S3.9CH3.3Sn/c1(10-40-13-7-31-47-40)4-28-44-37-22-16-34(17-23-37)43(35-18-24-38(25-19-35)45-29-5-2-11-41-14-8-32-48-41)36-20-26-39(27-21-36)46-30-6-3-12-42-15-9-33-49-42;;;;;;;;;;;;/h7-9,13-27,43H,1-6,10-12,28-30H2;9*1H3;;;. The Hall–Kier alpha value is -1.44. The number of benzene rings is 3. The van der Waals surface area contributed by atoms with Gasteiger partial charge in [0.25, 0.3) is 0 Å². The van der Waals surface area contributed by atoms with Crippen LogP contribution in [0.15, 0.2) is 109 Å². The Morgan fingerprint density at radius 3 is 0.836 bits per heavy atom. The van der Waals surface area contributed by atoms with Crippen molar-refractivity contribution in [1.82, 2.24) is 0 Å². The average molecular weight is 1200 g/mol. The maximum atomic E-state index is 6.26. The zero-order chi connectivity index (χ0) is 43.5. The molecule has 0 fully saturated rings. The number of ether oxygens (including phenoxy) is 3. The van der Waals surface area contributed by atoms with Gasteiger partial charge >= 0.3 is 392 Å². The molecule has 0 aliphatic heterocycles. The molecule has 3 nitrogen and oxygen atoms in total. The molecule has 0 unspecified atom stereocenters. The Labute approximate surface area is 393 Å². The van der Waals surface area contributed by atoms with Gasteiger partial charge in [0, 0.05) is 5.92 Å². The third-order valence-electron chi connectivity index (χ3n) is 11.1. The van der Waals surface area contributed by atoms with Gasteiger partial charge in [-0.05, 0) is 0 Å². The van der Waals surface area contributed by atoms with Gasteiger partial charge in [-0.3, -0.25) is 0 Å². The zero-order valence-corrected chi connectivity index (χ0v) is 49.4. The summed E-state index contributed by atoms with van der Waals surface area (Å²) in [6.45, 7) is 2.22. The molecule has 6 aromatic rings. The Balaban J connectivity index is 1.04. The normalized spacial score (nSPS) is 12.3. The SMILES string of the molecule is [CH3][Sn]([CH3])([CH3])[c]1ccc(CCCCOc2ccc(C(c3ccc(OCCCCc4cc[c]([Sn]([CH3])([CH3])[CH3])s4)cc3)c3ccc(OCCCCc4cc[c]([Sn]([CH3])([CH3])[CH3])s4)cc3)cc2)s1. The van der Waals surface area contributed by atoms with Gasteiger partial charge in [-0.1, -0.05) is 0 Å². The average Bonchev–Trinajstić information content (AvgIpc) is 4.02. The molecule has 0 saturated carbocycles. The summed E-state index contributed by atoms with van der Waals surface area (Å²) in [5.41, 5.74) is 3.73. The van der Waals surface area contributed by atoms with Crippen molar-refractivity contribution in [3.8, 4) is 17.2 Å². The molecule has 0 bridgehead atoms. The Morgan fingerprint density at radius 2 is 0.607 bits per heavy atom. The van der Waals surface area contributed by atoms with Crippen molar-refractivity contribution >= 4 is 97.8 Å². The van der Waals surface area contributed by atoms with E-state index in [1.54, 1.807) is 8.68 Å². The molecule has 3 aromatic heterocycles. The second kappa shape index (κ2) is 23.1. The van der Waals surface area contributed by atoms with Gasteiger partial charge in [-0.25, -0.2) is 0 Å². The quantitative estimate of drug-likeness (QED) is 0.0343. The first-order valence-corrected chi connectivity index (χ1v) is 55.0. The van der Waals surface area contributed by atoms with Crippen LogP contribution < -0.4 is 22.9 Å². The van der Waals surface area contributed by atoms with Crippen molar-refractivity contribution in [3.05, 3.63) is 141 Å². The van der Waals surface area contributed by atoms with E-state index in [4.69, 9.17) is 14.2 Å². The Kier molecular flexibility index (Phi) is 18.6. The van der Waals surface area contributed by atoms with Crippen molar-refractivity contribution in [2.24, 2.45) is 0 Å². The topological polar surface area (TPSA) is 27.7 Å². The molecular formula is C52H70O3S3Sn3. The van der Waals surface area contributed by atoms with Crippen molar-refractivity contribution in [1.29, 1.82) is 0 Å². The van der Waals surface area contributed by atoms with Gasteiger partial charge < -0.3 is 0 Å². The molecule has 0 amide bonds. The van der Waals surface area contributed by atoms with Gasteiger partial charge in [0.05, 0.1) is 0 Å². The van der Waals surface area contributed by atoms with Crippen LogP contribution in [-0.2, 0) is 19.3 Å². The van der Waals surface area contributed by atoms with Gasteiger partial charge in [-0.2, -0.15) is 0 Å². The third-order valence-corrected chi connectivity index (χ3v) is 43.0. The van der Waals surface area contributed by atoms with Crippen LogP contribution in [0.4, 0.5) is 0 Å². The molecule has 0 aliphatic rings. The summed E-state index contributed by atoms with van der Waals surface area (Å²) in [4.78, 5) is 27.1. The molecule has 0 atom stereocenters. The summed E-state index contributed by atoms with van der Waals surface area (Å²) < 4.78 is 23.8. The van der Waals surface area contributed by atoms with Crippen LogP contribution in [0.25, 0.3) is 0 Å². The molecule has 0 saturated heterocycles. The molecule has 0 spiro atoms. The fraction of sp³-hybridized carbons (Fsp3) is 0.423. The first-order chi connectivity index (χ1) is 29.1. The summed E-state index contributed by atoms with van der Waals surface area (Å²) in [7, 11) is 0. The minimum atomic E-state index is -1.97. The first-order valence-electron chi connectivity index (χ1n) is 22.6. The molecule has 3 heterocycles. The zero-order valence-electron chi connectivity index (χ0n) is 38.4. The fourth-order valence-corrected chi connectivity index (χ4v) is 26.9. The van der Waals surface area contributed by atoms with Crippen molar-refractivity contribution in [2.45, 2.75) is 108 Å². The molecule has 61 heavy (non-hydrogen) atoms. The Bertz CT molecular complexity index is 1950. The van der Waals surface area contributed by atoms with Crippen LogP contribution >= 0.6 is 34.0 Å². The summed E-state index contributed by atoms with van der Waals surface area (Å²) in [5.74, 6) is 2.88. The predicted octanol–water partition coefficient (Wildman–Crippen LogP) is 13.9. The van der Waals surface area contributed by atoms with E-state index in [0.29, 0.717) is 0 Å². The van der Waals surface area contributed by atoms with Crippen molar-refractivity contribution in [3.63, 3.8) is 0 Å². The van der Waals surface area contributed by atoms with E-state index in [-0.39, 0.29) is 5.92 Å². The van der Waals surface area contributed by atoms with E-state index in [1.807, 2.05) is 34.0 Å². The number of thiophene rings is 3. The number of hydrogen-bond donors (Lipinski definition) is 0. The van der Waals surface area contributed by atoms with Gasteiger partial charge in [0.2, 0.25) is 0 Å². The van der Waals surface area contributed by atoms with E-state index >= 15 is 0 Å². The van der Waals surface area contributed by atoms with Crippen LogP contribution in [0.2, 0.25) is 44.5 Å².